The van der Waals surface area contributed by atoms with Crippen LogP contribution in [-0.4, -0.2) is 28.5 Å². The average Bonchev–Trinajstić information content (AvgIpc) is 2.08. The quantitative estimate of drug-likeness (QED) is 0.743. The molecule has 0 aromatic carbocycles. The van der Waals surface area contributed by atoms with Gasteiger partial charge in [0.1, 0.15) is 5.54 Å². The van der Waals surface area contributed by atoms with Crippen molar-refractivity contribution in [2.24, 2.45) is 5.73 Å². The smallest absolute Gasteiger partial charge is 0.238 e. The molecule has 3 N–H and O–H groups in total. The van der Waals surface area contributed by atoms with Crippen molar-refractivity contribution in [3.63, 3.8) is 0 Å². The van der Waals surface area contributed by atoms with Crippen molar-refractivity contribution in [1.29, 1.82) is 0 Å². The van der Waals surface area contributed by atoms with Crippen molar-refractivity contribution >= 4 is 17.7 Å². The normalized spacial score (nSPS) is 33.3. The van der Waals surface area contributed by atoms with Crippen LogP contribution in [0.2, 0.25) is 0 Å². The molecule has 0 bridgehead atoms. The van der Waals surface area contributed by atoms with Crippen molar-refractivity contribution in [3.8, 4) is 0 Å². The minimum atomic E-state index is -0.489. The summed E-state index contributed by atoms with van der Waals surface area (Å²) in [6.07, 6.45) is 1.94. The molecule has 3 nitrogen and oxygen atoms in total. The first-order valence-electron chi connectivity index (χ1n) is 5.18. The molecule has 14 heavy (non-hydrogen) atoms. The van der Waals surface area contributed by atoms with E-state index in [1.807, 2.05) is 11.8 Å². The zero-order valence-corrected chi connectivity index (χ0v) is 9.99. The predicted molar refractivity (Wildman–Crippen MR) is 61.4 cm³/mol. The molecule has 1 heterocycles. The first kappa shape index (κ1) is 11.9. The Bertz CT molecular complexity index is 220. The van der Waals surface area contributed by atoms with Gasteiger partial charge in [-0.05, 0) is 32.4 Å². The maximum absolute atomic E-state index is 11.6. The number of carbonyl (C=O) groups is 1. The van der Waals surface area contributed by atoms with Gasteiger partial charge in [-0.15, -0.1) is 0 Å². The van der Waals surface area contributed by atoms with Gasteiger partial charge in [0, 0.05) is 11.3 Å². The Labute approximate surface area is 90.2 Å². The van der Waals surface area contributed by atoms with Gasteiger partial charge >= 0.3 is 0 Å². The molecule has 1 saturated heterocycles. The molecule has 0 saturated carbocycles. The predicted octanol–water partition coefficient (Wildman–Crippen LogP) is 1.12. The van der Waals surface area contributed by atoms with E-state index in [4.69, 9.17) is 5.73 Å². The van der Waals surface area contributed by atoms with Crippen molar-refractivity contribution in [2.45, 2.75) is 50.4 Å². The maximum atomic E-state index is 11.6. The standard InChI is InChI=1S/C10H20N2OS/c1-7(2)12-10(9(11)13)5-4-6-14-8(10)3/h7-8,12H,4-6H2,1-3H3,(H2,11,13). The summed E-state index contributed by atoms with van der Waals surface area (Å²) >= 11 is 1.83. The van der Waals surface area contributed by atoms with Crippen LogP contribution in [0.15, 0.2) is 0 Å². The number of nitrogens with one attached hydrogen (secondary N) is 1. The summed E-state index contributed by atoms with van der Waals surface area (Å²) in [5, 5.41) is 3.62. The highest BCUT2D eigenvalue weighted by Crippen LogP contribution is 2.34. The molecule has 1 aliphatic rings. The Morgan fingerprint density at radius 1 is 1.64 bits per heavy atom. The van der Waals surface area contributed by atoms with E-state index in [-0.39, 0.29) is 11.2 Å². The average molecular weight is 216 g/mol. The molecule has 1 aliphatic heterocycles. The van der Waals surface area contributed by atoms with Crippen LogP contribution in [0.25, 0.3) is 0 Å². The van der Waals surface area contributed by atoms with Crippen molar-refractivity contribution in [3.05, 3.63) is 0 Å². The number of amides is 1. The molecule has 4 heteroatoms. The Kier molecular flexibility index (Phi) is 3.84. The Morgan fingerprint density at radius 2 is 2.29 bits per heavy atom. The fourth-order valence-electron chi connectivity index (χ4n) is 2.06. The van der Waals surface area contributed by atoms with Gasteiger partial charge in [-0.1, -0.05) is 6.92 Å². The van der Waals surface area contributed by atoms with Crippen LogP contribution in [0.4, 0.5) is 0 Å². The van der Waals surface area contributed by atoms with Crippen molar-refractivity contribution < 1.29 is 4.79 Å². The van der Waals surface area contributed by atoms with Gasteiger partial charge in [-0.3, -0.25) is 4.79 Å². The summed E-state index contributed by atoms with van der Waals surface area (Å²) in [7, 11) is 0. The lowest BCUT2D eigenvalue weighted by molar-refractivity contribution is -0.125. The van der Waals surface area contributed by atoms with Gasteiger partial charge in [0.05, 0.1) is 0 Å². The van der Waals surface area contributed by atoms with Crippen LogP contribution in [0.1, 0.15) is 33.6 Å². The summed E-state index contributed by atoms with van der Waals surface area (Å²) in [4.78, 5) is 11.6. The Balaban J connectivity index is 2.83. The second-order valence-corrected chi connectivity index (χ2v) is 5.70. The van der Waals surface area contributed by atoms with Crippen LogP contribution in [-0.2, 0) is 4.79 Å². The summed E-state index contributed by atoms with van der Waals surface area (Å²) in [5.41, 5.74) is 5.04. The van der Waals surface area contributed by atoms with Crippen LogP contribution >= 0.6 is 11.8 Å². The highest BCUT2D eigenvalue weighted by Gasteiger charge is 2.44. The molecule has 0 aliphatic carbocycles. The number of hydrogen-bond donors (Lipinski definition) is 2. The van der Waals surface area contributed by atoms with E-state index in [2.05, 4.69) is 26.1 Å². The van der Waals surface area contributed by atoms with E-state index >= 15 is 0 Å². The minimum absolute atomic E-state index is 0.203. The van der Waals surface area contributed by atoms with Gasteiger partial charge < -0.3 is 11.1 Å². The van der Waals surface area contributed by atoms with Gasteiger partial charge in [0.2, 0.25) is 5.91 Å². The van der Waals surface area contributed by atoms with Crippen LogP contribution in [0.5, 0.6) is 0 Å². The lowest BCUT2D eigenvalue weighted by atomic mass is 9.88. The first-order valence-corrected chi connectivity index (χ1v) is 6.23. The second-order valence-electron chi connectivity index (χ2n) is 4.25. The topological polar surface area (TPSA) is 55.1 Å². The lowest BCUT2D eigenvalue weighted by Crippen LogP contribution is -2.64. The highest BCUT2D eigenvalue weighted by molar-refractivity contribution is 8.00. The molecule has 0 radical (unpaired) electrons. The number of rotatable bonds is 3. The molecule has 0 spiro atoms. The summed E-state index contributed by atoms with van der Waals surface area (Å²) in [6.45, 7) is 6.19. The number of primary amides is 1. The summed E-state index contributed by atoms with van der Waals surface area (Å²) in [5.74, 6) is 0.932. The first-order chi connectivity index (χ1) is 6.49. The molecular weight excluding hydrogens is 196 g/mol. The number of thioether (sulfide) groups is 1. The molecule has 1 rings (SSSR count). The van der Waals surface area contributed by atoms with E-state index in [0.717, 1.165) is 18.6 Å². The van der Waals surface area contributed by atoms with Gasteiger partial charge in [-0.2, -0.15) is 11.8 Å². The Hall–Kier alpha value is -0.220. The molecule has 0 aromatic heterocycles. The zero-order valence-electron chi connectivity index (χ0n) is 9.17. The van der Waals surface area contributed by atoms with Crippen LogP contribution in [0, 0.1) is 0 Å². The Morgan fingerprint density at radius 3 is 2.71 bits per heavy atom. The van der Waals surface area contributed by atoms with Gasteiger partial charge in [-0.25, -0.2) is 0 Å². The highest BCUT2D eigenvalue weighted by atomic mass is 32.2. The van der Waals surface area contributed by atoms with Crippen LogP contribution in [0.3, 0.4) is 0 Å². The summed E-state index contributed by atoms with van der Waals surface area (Å²) < 4.78 is 0. The lowest BCUT2D eigenvalue weighted by Gasteiger charge is -2.41. The minimum Gasteiger partial charge on any atom is -0.368 e. The molecule has 2 unspecified atom stereocenters. The third-order valence-electron chi connectivity index (χ3n) is 2.76. The monoisotopic (exact) mass is 216 g/mol. The van der Waals surface area contributed by atoms with E-state index in [1.54, 1.807) is 0 Å². The third kappa shape index (κ3) is 2.23. The summed E-state index contributed by atoms with van der Waals surface area (Å²) in [6, 6.07) is 0.295. The molecule has 1 amide bonds. The van der Waals surface area contributed by atoms with E-state index in [9.17, 15) is 4.79 Å². The van der Waals surface area contributed by atoms with Crippen LogP contribution < -0.4 is 11.1 Å². The van der Waals surface area contributed by atoms with Gasteiger partial charge in [0.15, 0.2) is 0 Å². The molecule has 2 atom stereocenters. The van der Waals surface area contributed by atoms with E-state index in [1.165, 1.54) is 0 Å². The largest absolute Gasteiger partial charge is 0.368 e. The number of carbonyl (C=O) groups excluding carboxylic acids is 1. The molecule has 1 fully saturated rings. The number of hydrogen-bond acceptors (Lipinski definition) is 3. The van der Waals surface area contributed by atoms with Gasteiger partial charge in [0.25, 0.3) is 0 Å². The van der Waals surface area contributed by atoms with E-state index in [0.29, 0.717) is 6.04 Å². The molecule has 0 aromatic rings. The van der Waals surface area contributed by atoms with Crippen molar-refractivity contribution in [2.75, 3.05) is 5.75 Å². The zero-order chi connectivity index (χ0) is 10.8. The molecule has 82 valence electrons. The van der Waals surface area contributed by atoms with E-state index < -0.39 is 5.54 Å². The SMILES string of the molecule is CC(C)NC1(C(N)=O)CCCSC1C. The van der Waals surface area contributed by atoms with Crippen molar-refractivity contribution in [1.82, 2.24) is 5.32 Å². The maximum Gasteiger partial charge on any atom is 0.238 e. The fourth-order valence-corrected chi connectivity index (χ4v) is 3.31. The fraction of sp³-hybridized carbons (Fsp3) is 0.900. The number of nitrogens with two attached hydrogens (primary N) is 1. The third-order valence-corrected chi connectivity index (χ3v) is 4.19. The molecular formula is C10H20N2OS. The second kappa shape index (κ2) is 4.53.